The Morgan fingerprint density at radius 3 is 2.43 bits per heavy atom. The second kappa shape index (κ2) is 9.33. The molecule has 1 aliphatic rings. The lowest BCUT2D eigenvalue weighted by atomic mass is 10.1. The molecule has 0 aliphatic carbocycles. The zero-order valence-electron chi connectivity index (χ0n) is 19.2. The van der Waals surface area contributed by atoms with E-state index in [4.69, 9.17) is 16.3 Å². The Hall–Kier alpha value is -3.41. The second-order valence-electron chi connectivity index (χ2n) is 9.02. The van der Waals surface area contributed by atoms with E-state index >= 15 is 0 Å². The van der Waals surface area contributed by atoms with Crippen molar-refractivity contribution in [2.75, 3.05) is 18.4 Å². The lowest BCUT2D eigenvalue weighted by Crippen LogP contribution is -2.52. The smallest absolute Gasteiger partial charge is 0.434 e. The Morgan fingerprint density at radius 2 is 1.83 bits per heavy atom. The zero-order valence-corrected chi connectivity index (χ0v) is 19.9. The molecule has 1 saturated heterocycles. The Labute approximate surface area is 204 Å². The van der Waals surface area contributed by atoms with Gasteiger partial charge in [-0.1, -0.05) is 24.3 Å². The first-order chi connectivity index (χ1) is 16.4. The average Bonchev–Trinajstić information content (AvgIpc) is 3.16. The fraction of sp³-hybridized carbons (Fsp3) is 0.409. The Balaban J connectivity index is 1.50. The Morgan fingerprint density at radius 1 is 1.14 bits per heavy atom. The Bertz CT molecular complexity index is 1200. The number of amides is 1. The molecule has 0 unspecified atom stereocenters. The van der Waals surface area contributed by atoms with Crippen LogP contribution in [0.2, 0.25) is 5.28 Å². The molecule has 13 heteroatoms. The molecule has 1 aliphatic heterocycles. The third-order valence-corrected chi connectivity index (χ3v) is 5.32. The minimum atomic E-state index is -4.59. The van der Waals surface area contributed by atoms with Crippen LogP contribution in [-0.4, -0.2) is 54.2 Å². The number of aromatic nitrogens is 5. The van der Waals surface area contributed by atoms with Gasteiger partial charge in [-0.2, -0.15) is 18.2 Å². The van der Waals surface area contributed by atoms with E-state index in [2.05, 4.69) is 25.3 Å². The van der Waals surface area contributed by atoms with E-state index in [9.17, 15) is 18.0 Å². The molecule has 1 aromatic carbocycles. The predicted octanol–water partition coefficient (Wildman–Crippen LogP) is 4.81. The van der Waals surface area contributed by atoms with Gasteiger partial charge >= 0.3 is 12.3 Å². The van der Waals surface area contributed by atoms with Crippen LogP contribution in [-0.2, 0) is 17.5 Å². The van der Waals surface area contributed by atoms with E-state index in [0.29, 0.717) is 18.1 Å². The van der Waals surface area contributed by atoms with Crippen LogP contribution in [0.25, 0.3) is 11.4 Å². The number of anilines is 1. The van der Waals surface area contributed by atoms with Crippen molar-refractivity contribution in [3.63, 3.8) is 0 Å². The van der Waals surface area contributed by atoms with Crippen LogP contribution < -0.4 is 5.32 Å². The molecule has 1 N–H and O–H groups in total. The van der Waals surface area contributed by atoms with E-state index in [0.717, 1.165) is 11.8 Å². The van der Waals surface area contributed by atoms with E-state index in [-0.39, 0.29) is 30.2 Å². The summed E-state index contributed by atoms with van der Waals surface area (Å²) < 4.78 is 47.1. The van der Waals surface area contributed by atoms with Crippen LogP contribution in [0, 0.1) is 0 Å². The van der Waals surface area contributed by atoms with E-state index < -0.39 is 23.6 Å². The molecule has 9 nitrogen and oxygen atoms in total. The number of likely N-dealkylation sites (tertiary alicyclic amines) is 1. The van der Waals surface area contributed by atoms with Crippen molar-refractivity contribution in [2.45, 2.75) is 45.1 Å². The number of hydrogen-bond acceptors (Lipinski definition) is 7. The number of ether oxygens (including phenoxy) is 1. The van der Waals surface area contributed by atoms with Crippen molar-refractivity contribution in [1.82, 2.24) is 29.4 Å². The summed E-state index contributed by atoms with van der Waals surface area (Å²) in [6.45, 7) is 6.09. The summed E-state index contributed by atoms with van der Waals surface area (Å²) in [4.78, 5) is 29.2. The first-order valence-corrected chi connectivity index (χ1v) is 11.1. The van der Waals surface area contributed by atoms with Gasteiger partial charge in [0.2, 0.25) is 11.2 Å². The summed E-state index contributed by atoms with van der Waals surface area (Å²) in [6.07, 6.45) is -2.82. The molecular weight excluding hydrogens is 487 g/mol. The molecule has 1 amide bonds. The molecule has 3 heterocycles. The third kappa shape index (κ3) is 5.99. The summed E-state index contributed by atoms with van der Waals surface area (Å²) in [5.74, 6) is 0.480. The van der Waals surface area contributed by atoms with Crippen LogP contribution in [0.5, 0.6) is 0 Å². The highest BCUT2D eigenvalue weighted by Gasteiger charge is 2.40. The fourth-order valence-electron chi connectivity index (χ4n) is 3.44. The molecule has 1 fully saturated rings. The quantitative estimate of drug-likeness (QED) is 0.527. The van der Waals surface area contributed by atoms with Crippen molar-refractivity contribution in [3.05, 3.63) is 53.3 Å². The van der Waals surface area contributed by atoms with Gasteiger partial charge in [-0.05, 0) is 37.9 Å². The number of hydrogen-bond donors (Lipinski definition) is 1. The monoisotopic (exact) mass is 509 g/mol. The summed E-state index contributed by atoms with van der Waals surface area (Å²) in [6, 6.07) is 6.58. The molecule has 35 heavy (non-hydrogen) atoms. The molecule has 2 aromatic heterocycles. The van der Waals surface area contributed by atoms with Gasteiger partial charge in [0, 0.05) is 31.4 Å². The van der Waals surface area contributed by atoms with Crippen molar-refractivity contribution < 1.29 is 22.7 Å². The lowest BCUT2D eigenvalue weighted by Gasteiger charge is -2.40. The second-order valence-corrected chi connectivity index (χ2v) is 9.36. The van der Waals surface area contributed by atoms with Gasteiger partial charge in [0.15, 0.2) is 5.69 Å². The molecule has 0 saturated carbocycles. The molecule has 0 radical (unpaired) electrons. The van der Waals surface area contributed by atoms with Crippen molar-refractivity contribution >= 4 is 23.6 Å². The minimum Gasteiger partial charge on any atom is -0.444 e. The van der Waals surface area contributed by atoms with E-state index in [1.54, 1.807) is 45.0 Å². The van der Waals surface area contributed by atoms with Crippen LogP contribution >= 0.6 is 11.6 Å². The number of nitrogens with zero attached hydrogens (tertiary/aromatic N) is 6. The average molecular weight is 510 g/mol. The number of imidazole rings is 1. The first kappa shape index (κ1) is 24.7. The number of benzene rings is 1. The largest absolute Gasteiger partial charge is 0.444 e. The fourth-order valence-corrected chi connectivity index (χ4v) is 3.57. The van der Waals surface area contributed by atoms with Crippen LogP contribution in [0.4, 0.5) is 23.9 Å². The number of rotatable bonds is 5. The Kier molecular flexibility index (Phi) is 6.58. The maximum absolute atomic E-state index is 13.4. The van der Waals surface area contributed by atoms with Gasteiger partial charge in [-0.25, -0.2) is 19.7 Å². The zero-order chi connectivity index (χ0) is 25.4. The number of carbonyl (C=O) groups is 1. The summed E-state index contributed by atoms with van der Waals surface area (Å²) in [7, 11) is 0. The minimum absolute atomic E-state index is 0.0615. The normalized spacial score (nSPS) is 14.5. The molecule has 4 rings (SSSR count). The van der Waals surface area contributed by atoms with E-state index in [1.165, 1.54) is 15.8 Å². The standard InChI is InChI=1S/C22H23ClF3N7O2/c1-21(2,3)35-20(34)32-9-15(10-32)33-11-16(22(24,25)26)30-17(33)14-6-4-13(5-7-14)8-27-19-29-12-28-18(23)31-19/h4-7,11-12,15H,8-10H2,1-3H3,(H,27,28,29,31). The van der Waals surface area contributed by atoms with Crippen molar-refractivity contribution in [3.8, 4) is 11.4 Å². The molecule has 0 atom stereocenters. The molecule has 0 spiro atoms. The van der Waals surface area contributed by atoms with Crippen LogP contribution in [0.3, 0.4) is 0 Å². The summed E-state index contributed by atoms with van der Waals surface area (Å²) in [5.41, 5.74) is -0.277. The number of alkyl halides is 3. The highest BCUT2D eigenvalue weighted by Crippen LogP contribution is 2.35. The highest BCUT2D eigenvalue weighted by molar-refractivity contribution is 6.28. The van der Waals surface area contributed by atoms with Gasteiger partial charge in [0.25, 0.3) is 0 Å². The van der Waals surface area contributed by atoms with Crippen LogP contribution in [0.15, 0.2) is 36.8 Å². The summed E-state index contributed by atoms with van der Waals surface area (Å²) in [5, 5.41) is 3.06. The maximum atomic E-state index is 13.4. The van der Waals surface area contributed by atoms with E-state index in [1.807, 2.05) is 0 Å². The topological polar surface area (TPSA) is 98.1 Å². The van der Waals surface area contributed by atoms with Crippen molar-refractivity contribution in [1.29, 1.82) is 0 Å². The lowest BCUT2D eigenvalue weighted by molar-refractivity contribution is -0.141. The first-order valence-electron chi connectivity index (χ1n) is 10.7. The van der Waals surface area contributed by atoms with Gasteiger partial charge in [-0.3, -0.25) is 0 Å². The number of nitrogens with one attached hydrogen (secondary N) is 1. The maximum Gasteiger partial charge on any atom is 0.434 e. The third-order valence-electron chi connectivity index (χ3n) is 5.14. The summed E-state index contributed by atoms with van der Waals surface area (Å²) >= 11 is 5.74. The highest BCUT2D eigenvalue weighted by atomic mass is 35.5. The molecule has 0 bridgehead atoms. The van der Waals surface area contributed by atoms with Crippen LogP contribution in [0.1, 0.15) is 38.1 Å². The molecular formula is C22H23ClF3N7O2. The van der Waals surface area contributed by atoms with Gasteiger partial charge < -0.3 is 19.5 Å². The number of halogens is 4. The molecule has 186 valence electrons. The van der Waals surface area contributed by atoms with Gasteiger partial charge in [0.05, 0.1) is 6.04 Å². The van der Waals surface area contributed by atoms with Gasteiger partial charge in [-0.15, -0.1) is 0 Å². The molecule has 3 aromatic rings. The SMILES string of the molecule is CC(C)(C)OC(=O)N1CC(n2cc(C(F)(F)F)nc2-c2ccc(CNc3ncnc(Cl)n3)cc2)C1. The van der Waals surface area contributed by atoms with Crippen molar-refractivity contribution in [2.24, 2.45) is 0 Å². The predicted molar refractivity (Wildman–Crippen MR) is 122 cm³/mol. The number of carbonyl (C=O) groups excluding carboxylic acids is 1. The van der Waals surface area contributed by atoms with Gasteiger partial charge in [0.1, 0.15) is 17.8 Å².